The maximum Gasteiger partial charge on any atom is 0.217 e. The average molecular weight is 529 g/mol. The van der Waals surface area contributed by atoms with E-state index < -0.39 is 111 Å². The smallest absolute Gasteiger partial charge is 0.217 e. The first kappa shape index (κ1) is 29.5. The molecule has 0 aromatic carbocycles. The van der Waals surface area contributed by atoms with Crippen molar-refractivity contribution in [2.24, 2.45) is 0 Å². The maximum atomic E-state index is 11.8. The van der Waals surface area contributed by atoms with Gasteiger partial charge in [-0.1, -0.05) is 0 Å². The quantitative estimate of drug-likeness (QED) is 0.147. The lowest BCUT2D eigenvalue weighted by Crippen LogP contribution is -2.69. The van der Waals surface area contributed by atoms with Crippen molar-refractivity contribution < 1.29 is 74.4 Å². The van der Waals surface area contributed by atoms with Crippen LogP contribution >= 0.6 is 0 Å². The van der Waals surface area contributed by atoms with Crippen molar-refractivity contribution in [2.45, 2.75) is 106 Å². The fourth-order valence-electron chi connectivity index (χ4n) is 4.40. The van der Waals surface area contributed by atoms with Gasteiger partial charge in [0.1, 0.15) is 67.1 Å². The number of carbonyl (C=O) groups excluding carboxylic acids is 1. The van der Waals surface area contributed by atoms with Crippen LogP contribution < -0.4 is 5.32 Å². The van der Waals surface area contributed by atoms with Crippen molar-refractivity contribution in [3.63, 3.8) is 0 Å². The van der Waals surface area contributed by atoms with Gasteiger partial charge in [0.05, 0.1) is 19.3 Å². The summed E-state index contributed by atoms with van der Waals surface area (Å²) in [4.78, 5) is 11.8. The van der Waals surface area contributed by atoms with E-state index in [0.717, 1.165) is 6.92 Å². The molecule has 0 spiro atoms. The van der Waals surface area contributed by atoms with Gasteiger partial charge in [0.2, 0.25) is 5.91 Å². The second kappa shape index (κ2) is 12.2. The summed E-state index contributed by atoms with van der Waals surface area (Å²) in [5.41, 5.74) is 0. The van der Waals surface area contributed by atoms with Crippen LogP contribution in [0, 0.1) is 0 Å². The Labute approximate surface area is 205 Å². The maximum absolute atomic E-state index is 11.8. The second-order valence-corrected chi connectivity index (χ2v) is 9.05. The average Bonchev–Trinajstić information content (AvgIpc) is 2.84. The Kier molecular flexibility index (Phi) is 9.97. The highest BCUT2D eigenvalue weighted by molar-refractivity contribution is 5.73. The Hall–Kier alpha value is -1.09. The SMILES string of the molecule is CC(=O)N[C@H]1[C@@H](O[C@@H]2O[C@H](C)[C@@H](O)[C@H](O)[C@@H]2O)[C@H](O[C@H]2O[C@@H](CO)[C@H](O)[C@@H](O)[C@@H]2O)[C@@H](CO)O[C@H]1O. The van der Waals surface area contributed by atoms with Gasteiger partial charge < -0.3 is 75.0 Å². The van der Waals surface area contributed by atoms with Gasteiger partial charge in [0.25, 0.3) is 0 Å². The number of amides is 1. The van der Waals surface area contributed by atoms with Gasteiger partial charge in [-0.05, 0) is 6.92 Å². The number of nitrogens with one attached hydrogen (secondary N) is 1. The fourth-order valence-corrected chi connectivity index (χ4v) is 4.40. The van der Waals surface area contributed by atoms with Crippen molar-refractivity contribution in [2.75, 3.05) is 13.2 Å². The first-order valence-corrected chi connectivity index (χ1v) is 11.4. The zero-order valence-electron chi connectivity index (χ0n) is 19.5. The molecule has 0 saturated carbocycles. The topological polar surface area (TPSA) is 257 Å². The highest BCUT2D eigenvalue weighted by Crippen LogP contribution is 2.32. The molecular weight excluding hydrogens is 494 g/mol. The molecule has 3 saturated heterocycles. The van der Waals surface area contributed by atoms with Crippen molar-refractivity contribution >= 4 is 5.91 Å². The minimum absolute atomic E-state index is 0.640. The van der Waals surface area contributed by atoms with Gasteiger partial charge in [-0.25, -0.2) is 0 Å². The van der Waals surface area contributed by atoms with E-state index >= 15 is 0 Å². The largest absolute Gasteiger partial charge is 0.394 e. The van der Waals surface area contributed by atoms with Crippen LogP contribution in [0.25, 0.3) is 0 Å². The lowest BCUT2D eigenvalue weighted by Gasteiger charge is -2.49. The summed E-state index contributed by atoms with van der Waals surface area (Å²) in [6, 6.07) is -1.41. The summed E-state index contributed by atoms with van der Waals surface area (Å²) in [6.45, 7) is 1.00. The van der Waals surface area contributed by atoms with E-state index in [2.05, 4.69) is 5.32 Å². The summed E-state index contributed by atoms with van der Waals surface area (Å²) < 4.78 is 27.7. The third-order valence-corrected chi connectivity index (χ3v) is 6.45. The number of ether oxygens (including phenoxy) is 5. The summed E-state index contributed by atoms with van der Waals surface area (Å²) in [5.74, 6) is -0.640. The number of hydrogen-bond acceptors (Lipinski definition) is 15. The standard InChI is InChI=1S/C20H35NO15/c1-5-10(25)12(27)14(29)19(32-5)36-17-9(21-6(2)24)18(31)33-8(4-23)16(17)35-20-15(30)13(28)11(26)7(3-22)34-20/h5,7-20,22-23,25-31H,3-4H2,1-2H3,(H,21,24)/t5-,7+,8-,9+,10-,11+,12+,13-,14+,15+,16-,17-,18-,19+,20-/m1/s1. The van der Waals surface area contributed by atoms with E-state index in [1.165, 1.54) is 6.92 Å². The third-order valence-electron chi connectivity index (χ3n) is 6.45. The van der Waals surface area contributed by atoms with Gasteiger partial charge in [-0.15, -0.1) is 0 Å². The van der Waals surface area contributed by atoms with Crippen molar-refractivity contribution in [3.8, 4) is 0 Å². The molecule has 15 atom stereocenters. The van der Waals surface area contributed by atoms with Crippen LogP contribution in [0.5, 0.6) is 0 Å². The molecule has 3 aliphatic heterocycles. The van der Waals surface area contributed by atoms with Gasteiger partial charge in [-0.2, -0.15) is 0 Å². The molecule has 0 aromatic rings. The second-order valence-electron chi connectivity index (χ2n) is 9.05. The number of carbonyl (C=O) groups is 1. The number of hydrogen-bond donors (Lipinski definition) is 10. The molecule has 10 N–H and O–H groups in total. The molecular formula is C20H35NO15. The highest BCUT2D eigenvalue weighted by Gasteiger charge is 2.54. The lowest BCUT2D eigenvalue weighted by atomic mass is 9.94. The summed E-state index contributed by atoms with van der Waals surface area (Å²) in [7, 11) is 0. The van der Waals surface area contributed by atoms with E-state index in [4.69, 9.17) is 23.7 Å². The first-order valence-electron chi connectivity index (χ1n) is 11.4. The summed E-state index contributed by atoms with van der Waals surface area (Å²) in [5, 5.41) is 93.2. The van der Waals surface area contributed by atoms with Crippen LogP contribution in [0.15, 0.2) is 0 Å². The van der Waals surface area contributed by atoms with Crippen LogP contribution in [0.1, 0.15) is 13.8 Å². The minimum atomic E-state index is -1.85. The Balaban J connectivity index is 1.92. The molecule has 0 aliphatic carbocycles. The molecule has 3 heterocycles. The van der Waals surface area contributed by atoms with Gasteiger partial charge in [0, 0.05) is 6.92 Å². The molecule has 16 nitrogen and oxygen atoms in total. The van der Waals surface area contributed by atoms with Crippen LogP contribution in [0.2, 0.25) is 0 Å². The lowest BCUT2D eigenvalue weighted by molar-refractivity contribution is -0.370. The zero-order chi connectivity index (χ0) is 26.9. The molecule has 3 aliphatic rings. The summed E-state index contributed by atoms with van der Waals surface area (Å²) in [6.07, 6.45) is -22.0. The van der Waals surface area contributed by atoms with Crippen LogP contribution in [0.3, 0.4) is 0 Å². The van der Waals surface area contributed by atoms with E-state index in [1.54, 1.807) is 0 Å². The molecule has 3 fully saturated rings. The summed E-state index contributed by atoms with van der Waals surface area (Å²) >= 11 is 0. The fraction of sp³-hybridized carbons (Fsp3) is 0.950. The Morgan fingerprint density at radius 3 is 1.81 bits per heavy atom. The van der Waals surface area contributed by atoms with E-state index in [1.807, 2.05) is 0 Å². The van der Waals surface area contributed by atoms with Gasteiger partial charge in [0.15, 0.2) is 18.9 Å². The third kappa shape index (κ3) is 5.97. The van der Waals surface area contributed by atoms with Crippen LogP contribution in [-0.2, 0) is 28.5 Å². The Morgan fingerprint density at radius 2 is 1.25 bits per heavy atom. The first-order chi connectivity index (χ1) is 16.9. The van der Waals surface area contributed by atoms with Crippen molar-refractivity contribution in [1.29, 1.82) is 0 Å². The molecule has 0 radical (unpaired) electrons. The van der Waals surface area contributed by atoms with E-state index in [9.17, 15) is 50.8 Å². The molecule has 210 valence electrons. The number of aliphatic hydroxyl groups excluding tert-OH is 9. The molecule has 3 rings (SSSR count). The normalized spacial score (nSPS) is 50.0. The minimum Gasteiger partial charge on any atom is -0.394 e. The molecule has 1 amide bonds. The number of aliphatic hydroxyl groups is 9. The van der Waals surface area contributed by atoms with E-state index in [-0.39, 0.29) is 0 Å². The predicted octanol–water partition coefficient (Wildman–Crippen LogP) is -6.40. The van der Waals surface area contributed by atoms with Crippen LogP contribution in [0.4, 0.5) is 0 Å². The van der Waals surface area contributed by atoms with Gasteiger partial charge in [-0.3, -0.25) is 4.79 Å². The van der Waals surface area contributed by atoms with Crippen molar-refractivity contribution in [1.82, 2.24) is 5.32 Å². The monoisotopic (exact) mass is 529 g/mol. The molecule has 0 unspecified atom stereocenters. The highest BCUT2D eigenvalue weighted by atomic mass is 16.7. The molecule has 16 heteroatoms. The zero-order valence-corrected chi connectivity index (χ0v) is 19.5. The predicted molar refractivity (Wildman–Crippen MR) is 111 cm³/mol. The molecule has 0 bridgehead atoms. The van der Waals surface area contributed by atoms with Crippen molar-refractivity contribution in [3.05, 3.63) is 0 Å². The van der Waals surface area contributed by atoms with Gasteiger partial charge >= 0.3 is 0 Å². The molecule has 0 aromatic heterocycles. The Morgan fingerprint density at radius 1 is 0.722 bits per heavy atom. The van der Waals surface area contributed by atoms with E-state index in [0.29, 0.717) is 0 Å². The Bertz CT molecular complexity index is 729. The number of rotatable bonds is 7. The van der Waals surface area contributed by atoms with Crippen LogP contribution in [-0.4, -0.2) is 157 Å². The molecule has 36 heavy (non-hydrogen) atoms.